The summed E-state index contributed by atoms with van der Waals surface area (Å²) in [6.07, 6.45) is -10.4. The maximum atomic E-state index is 12.0. The van der Waals surface area contributed by atoms with Crippen molar-refractivity contribution in [1.82, 2.24) is 0 Å². The van der Waals surface area contributed by atoms with Crippen molar-refractivity contribution in [3.63, 3.8) is 0 Å². The lowest BCUT2D eigenvalue weighted by Crippen LogP contribution is -2.60. The number of phenolic OH excluding ortho intramolecular Hbond substituents is 1. The van der Waals surface area contributed by atoms with E-state index in [1.165, 1.54) is 24.3 Å². The average Bonchev–Trinajstić information content (AvgIpc) is 2.54. The number of carbonyl (C=O) groups is 1. The Morgan fingerprint density at radius 2 is 1.74 bits per heavy atom. The molecule has 9 nitrogen and oxygen atoms in total. The number of benzene rings is 1. The van der Waals surface area contributed by atoms with Gasteiger partial charge < -0.3 is 35.0 Å². The Kier molecular flexibility index (Phi) is 5.15. The molecule has 1 saturated heterocycles. The molecule has 1 fully saturated rings. The van der Waals surface area contributed by atoms with E-state index in [0.717, 1.165) is 0 Å². The fraction of sp³-hybridized carbons (Fsp3) is 0.429. The van der Waals surface area contributed by atoms with Gasteiger partial charge in [-0.05, 0) is 12.1 Å². The number of aliphatic hydroxyl groups is 4. The number of aliphatic hydroxyl groups excluding tert-OH is 4. The van der Waals surface area contributed by atoms with Crippen LogP contribution >= 0.6 is 0 Å². The first kappa shape index (κ1) is 17.1. The van der Waals surface area contributed by atoms with Crippen molar-refractivity contribution < 1.29 is 39.8 Å². The first-order chi connectivity index (χ1) is 10.8. The molecular formula is C14H15NO8. The van der Waals surface area contributed by atoms with Crippen LogP contribution in [0.15, 0.2) is 24.3 Å². The van der Waals surface area contributed by atoms with Gasteiger partial charge in [0.1, 0.15) is 30.1 Å². The van der Waals surface area contributed by atoms with Crippen molar-refractivity contribution in [3.05, 3.63) is 29.8 Å². The molecule has 0 aromatic heterocycles. The van der Waals surface area contributed by atoms with Gasteiger partial charge in [-0.3, -0.25) is 0 Å². The maximum absolute atomic E-state index is 12.0. The second-order valence-electron chi connectivity index (χ2n) is 4.96. The number of nitriles is 1. The smallest absolute Gasteiger partial charge is 0.339 e. The van der Waals surface area contributed by atoms with Gasteiger partial charge in [-0.15, -0.1) is 0 Å². The summed E-state index contributed by atoms with van der Waals surface area (Å²) in [5, 5.41) is 56.2. The Morgan fingerprint density at radius 1 is 1.13 bits per heavy atom. The molecule has 1 heterocycles. The molecule has 5 N–H and O–H groups in total. The Morgan fingerprint density at radius 3 is 2.30 bits per heavy atom. The lowest BCUT2D eigenvalue weighted by atomic mass is 9.99. The second kappa shape index (κ2) is 6.91. The summed E-state index contributed by atoms with van der Waals surface area (Å²) in [4.78, 5) is 12.0. The predicted molar refractivity (Wildman–Crippen MR) is 71.5 cm³/mol. The van der Waals surface area contributed by atoms with E-state index in [1.54, 1.807) is 6.07 Å². The summed E-state index contributed by atoms with van der Waals surface area (Å²) in [6.45, 7) is 0. The molecule has 9 heteroatoms. The van der Waals surface area contributed by atoms with Crippen molar-refractivity contribution in [3.8, 4) is 11.8 Å². The fourth-order valence-corrected chi connectivity index (χ4v) is 2.06. The van der Waals surface area contributed by atoms with Crippen LogP contribution in [0.5, 0.6) is 5.75 Å². The van der Waals surface area contributed by atoms with Crippen molar-refractivity contribution in [2.24, 2.45) is 0 Å². The summed E-state index contributed by atoms with van der Waals surface area (Å²) in [5.41, 5.74) is 0.269. The summed E-state index contributed by atoms with van der Waals surface area (Å²) in [5.74, 6) is -1.23. The van der Waals surface area contributed by atoms with Gasteiger partial charge >= 0.3 is 5.97 Å². The average molecular weight is 325 g/mol. The molecule has 0 radical (unpaired) electrons. The van der Waals surface area contributed by atoms with Crippen LogP contribution in [0, 0.1) is 11.3 Å². The van der Waals surface area contributed by atoms with E-state index in [4.69, 9.17) is 14.7 Å². The highest BCUT2D eigenvalue weighted by Gasteiger charge is 2.47. The molecule has 0 saturated carbocycles. The minimum absolute atomic E-state index is 0.0389. The van der Waals surface area contributed by atoms with Crippen LogP contribution in [0.4, 0.5) is 0 Å². The molecule has 0 bridgehead atoms. The first-order valence-electron chi connectivity index (χ1n) is 6.62. The lowest BCUT2D eigenvalue weighted by molar-refractivity contribution is -0.281. The van der Waals surface area contributed by atoms with Crippen LogP contribution in [-0.2, 0) is 14.3 Å². The standard InChI is InChI=1S/C14H15NO8/c15-5-8(6-1-3-7(16)4-2-6)22-14(21)12-10(18)9(17)11(19)13(20)23-12/h1-4,8-13,16-20H/t8?,9-,10-,11+,12-,13+/m0/s1. The zero-order valence-corrected chi connectivity index (χ0v) is 11.7. The summed E-state index contributed by atoms with van der Waals surface area (Å²) >= 11 is 0. The third-order valence-electron chi connectivity index (χ3n) is 3.37. The molecule has 1 aromatic rings. The number of nitrogens with zero attached hydrogens (tertiary/aromatic N) is 1. The highest BCUT2D eigenvalue weighted by molar-refractivity contribution is 5.76. The van der Waals surface area contributed by atoms with Gasteiger partial charge in [-0.1, -0.05) is 12.1 Å². The molecule has 1 aromatic carbocycles. The van der Waals surface area contributed by atoms with Crippen molar-refractivity contribution in [2.75, 3.05) is 0 Å². The van der Waals surface area contributed by atoms with Gasteiger partial charge in [0.25, 0.3) is 0 Å². The lowest BCUT2D eigenvalue weighted by Gasteiger charge is -2.37. The number of aromatic hydroxyl groups is 1. The quantitative estimate of drug-likeness (QED) is 0.408. The minimum atomic E-state index is -1.89. The van der Waals surface area contributed by atoms with E-state index >= 15 is 0 Å². The zero-order valence-electron chi connectivity index (χ0n) is 11.7. The van der Waals surface area contributed by atoms with Crippen LogP contribution in [0.1, 0.15) is 11.7 Å². The van der Waals surface area contributed by atoms with Crippen LogP contribution in [0.3, 0.4) is 0 Å². The number of carbonyl (C=O) groups excluding carboxylic acids is 1. The van der Waals surface area contributed by atoms with Gasteiger partial charge in [0.15, 0.2) is 12.4 Å². The van der Waals surface area contributed by atoms with E-state index in [0.29, 0.717) is 0 Å². The van der Waals surface area contributed by atoms with Gasteiger partial charge in [-0.2, -0.15) is 5.26 Å². The molecule has 0 aliphatic carbocycles. The van der Waals surface area contributed by atoms with Gasteiger partial charge in [0, 0.05) is 5.56 Å². The largest absolute Gasteiger partial charge is 0.508 e. The number of hydrogen-bond donors (Lipinski definition) is 5. The highest BCUT2D eigenvalue weighted by Crippen LogP contribution is 2.24. The Balaban J connectivity index is 2.10. The van der Waals surface area contributed by atoms with E-state index in [-0.39, 0.29) is 11.3 Å². The summed E-state index contributed by atoms with van der Waals surface area (Å²) < 4.78 is 9.61. The van der Waals surface area contributed by atoms with Gasteiger partial charge in [0.2, 0.25) is 6.10 Å². The van der Waals surface area contributed by atoms with Crippen LogP contribution in [-0.4, -0.2) is 62.2 Å². The number of phenols is 1. The number of ether oxygens (including phenoxy) is 2. The molecule has 2 rings (SSSR count). The fourth-order valence-electron chi connectivity index (χ4n) is 2.06. The summed E-state index contributed by atoms with van der Waals surface area (Å²) in [6, 6.07) is 7.03. The number of hydrogen-bond acceptors (Lipinski definition) is 9. The van der Waals surface area contributed by atoms with E-state index in [9.17, 15) is 30.3 Å². The molecule has 1 aliphatic heterocycles. The van der Waals surface area contributed by atoms with Crippen LogP contribution in [0.25, 0.3) is 0 Å². The molecule has 1 aliphatic rings. The van der Waals surface area contributed by atoms with E-state index in [2.05, 4.69) is 0 Å². The molecule has 6 atom stereocenters. The van der Waals surface area contributed by atoms with Crippen LogP contribution in [0.2, 0.25) is 0 Å². The van der Waals surface area contributed by atoms with Crippen molar-refractivity contribution in [2.45, 2.75) is 36.8 Å². The summed E-state index contributed by atoms with van der Waals surface area (Å²) in [7, 11) is 0. The van der Waals surface area contributed by atoms with E-state index in [1.807, 2.05) is 0 Å². The Bertz CT molecular complexity index is 598. The Hall–Kier alpha value is -2.22. The first-order valence-corrected chi connectivity index (χ1v) is 6.62. The topological polar surface area (TPSA) is 160 Å². The number of esters is 1. The van der Waals surface area contributed by atoms with Gasteiger partial charge in [-0.25, -0.2) is 4.79 Å². The molecule has 124 valence electrons. The highest BCUT2D eigenvalue weighted by atomic mass is 16.7. The third-order valence-corrected chi connectivity index (χ3v) is 3.37. The van der Waals surface area contributed by atoms with Crippen LogP contribution < -0.4 is 0 Å². The zero-order chi connectivity index (χ0) is 17.1. The monoisotopic (exact) mass is 325 g/mol. The third kappa shape index (κ3) is 3.58. The molecular weight excluding hydrogens is 310 g/mol. The Labute approximate surface area is 130 Å². The second-order valence-corrected chi connectivity index (χ2v) is 4.96. The minimum Gasteiger partial charge on any atom is -0.508 e. The molecule has 0 amide bonds. The van der Waals surface area contributed by atoms with Crippen molar-refractivity contribution >= 4 is 5.97 Å². The maximum Gasteiger partial charge on any atom is 0.339 e. The molecule has 0 spiro atoms. The normalized spacial score (nSPS) is 31.9. The predicted octanol–water partition coefficient (Wildman–Crippen LogP) is -1.70. The van der Waals surface area contributed by atoms with Gasteiger partial charge in [0.05, 0.1) is 0 Å². The SMILES string of the molecule is N#CC(OC(=O)[C@H]1O[C@@H](O)[C@H](O)[C@@H](O)[C@@H]1O)c1ccc(O)cc1. The molecule has 1 unspecified atom stereocenters. The van der Waals surface area contributed by atoms with E-state index < -0.39 is 42.8 Å². The molecule has 23 heavy (non-hydrogen) atoms. The number of rotatable bonds is 3. The van der Waals surface area contributed by atoms with Crippen molar-refractivity contribution in [1.29, 1.82) is 5.26 Å².